The van der Waals surface area contributed by atoms with E-state index in [2.05, 4.69) is 33.8 Å². The van der Waals surface area contributed by atoms with Gasteiger partial charge in [0.05, 0.1) is 18.5 Å². The molecule has 2 aromatic heterocycles. The summed E-state index contributed by atoms with van der Waals surface area (Å²) in [7, 11) is 0. The topological polar surface area (TPSA) is 49.6 Å². The van der Waals surface area contributed by atoms with Crippen LogP contribution in [0.15, 0.2) is 24.5 Å². The zero-order valence-corrected chi connectivity index (χ0v) is 9.64. The molecule has 2 N–H and O–H groups in total. The van der Waals surface area contributed by atoms with Gasteiger partial charge in [0.1, 0.15) is 5.65 Å². The third-order valence-corrected chi connectivity index (χ3v) is 2.65. The van der Waals surface area contributed by atoms with Gasteiger partial charge in [0.2, 0.25) is 0 Å². The SMILES string of the molecule is Cc1ccn2c(CN[C@@H](C)CO)cnc2c1. The number of aromatic nitrogens is 2. The number of nitrogens with zero attached hydrogens (tertiary/aromatic N) is 2. The summed E-state index contributed by atoms with van der Waals surface area (Å²) in [5, 5.41) is 12.2. The first-order valence-corrected chi connectivity index (χ1v) is 5.47. The molecule has 2 heterocycles. The van der Waals surface area contributed by atoms with Gasteiger partial charge in [-0.1, -0.05) is 0 Å². The molecule has 0 fully saturated rings. The smallest absolute Gasteiger partial charge is 0.137 e. The average molecular weight is 219 g/mol. The van der Waals surface area contributed by atoms with E-state index in [0.717, 1.165) is 11.3 Å². The number of hydrogen-bond donors (Lipinski definition) is 2. The predicted octanol–water partition coefficient (Wildman–Crippen LogP) is 1.11. The van der Waals surface area contributed by atoms with E-state index in [-0.39, 0.29) is 12.6 Å². The highest BCUT2D eigenvalue weighted by Gasteiger charge is 2.04. The first kappa shape index (κ1) is 11.1. The first-order chi connectivity index (χ1) is 7.70. The number of imidazole rings is 1. The van der Waals surface area contributed by atoms with Gasteiger partial charge in [0, 0.05) is 18.8 Å². The van der Waals surface area contributed by atoms with Crippen LogP contribution in [0.3, 0.4) is 0 Å². The summed E-state index contributed by atoms with van der Waals surface area (Å²) in [4.78, 5) is 4.34. The summed E-state index contributed by atoms with van der Waals surface area (Å²) < 4.78 is 2.06. The van der Waals surface area contributed by atoms with Gasteiger partial charge in [0.15, 0.2) is 0 Å². The molecule has 0 unspecified atom stereocenters. The van der Waals surface area contributed by atoms with Crippen LogP contribution in [0.1, 0.15) is 18.2 Å². The average Bonchev–Trinajstić information content (AvgIpc) is 2.68. The molecule has 4 nitrogen and oxygen atoms in total. The van der Waals surface area contributed by atoms with Gasteiger partial charge >= 0.3 is 0 Å². The molecule has 0 spiro atoms. The van der Waals surface area contributed by atoms with E-state index in [0.29, 0.717) is 6.54 Å². The Kier molecular flexibility index (Phi) is 3.22. The highest BCUT2D eigenvalue weighted by molar-refractivity contribution is 5.42. The summed E-state index contributed by atoms with van der Waals surface area (Å²) >= 11 is 0. The largest absolute Gasteiger partial charge is 0.395 e. The van der Waals surface area contributed by atoms with E-state index in [9.17, 15) is 0 Å². The third kappa shape index (κ3) is 2.23. The minimum absolute atomic E-state index is 0.107. The highest BCUT2D eigenvalue weighted by atomic mass is 16.3. The molecule has 0 aliphatic rings. The predicted molar refractivity (Wildman–Crippen MR) is 63.3 cm³/mol. The van der Waals surface area contributed by atoms with Gasteiger partial charge in [-0.05, 0) is 31.5 Å². The number of aliphatic hydroxyl groups excluding tert-OH is 1. The molecule has 0 aliphatic carbocycles. The van der Waals surface area contributed by atoms with E-state index in [1.54, 1.807) is 0 Å². The molecule has 2 aromatic rings. The normalized spacial score (nSPS) is 13.2. The lowest BCUT2D eigenvalue weighted by Gasteiger charge is -2.10. The van der Waals surface area contributed by atoms with Crippen molar-refractivity contribution < 1.29 is 5.11 Å². The van der Waals surface area contributed by atoms with E-state index in [1.165, 1.54) is 5.56 Å². The molecule has 0 saturated carbocycles. The van der Waals surface area contributed by atoms with Gasteiger partial charge in [0.25, 0.3) is 0 Å². The Morgan fingerprint density at radius 2 is 2.38 bits per heavy atom. The molecule has 0 aliphatic heterocycles. The molecule has 86 valence electrons. The standard InChI is InChI=1S/C12H17N3O/c1-9-3-4-15-11(6-13-10(2)8-16)7-14-12(15)5-9/h3-5,7,10,13,16H,6,8H2,1-2H3/t10-/m0/s1. The summed E-state index contributed by atoms with van der Waals surface area (Å²) in [5.74, 6) is 0. The lowest BCUT2D eigenvalue weighted by molar-refractivity contribution is 0.250. The number of hydrogen-bond acceptors (Lipinski definition) is 3. The minimum atomic E-state index is 0.107. The Hall–Kier alpha value is -1.39. The third-order valence-electron chi connectivity index (χ3n) is 2.65. The second-order valence-corrected chi connectivity index (χ2v) is 4.15. The van der Waals surface area contributed by atoms with Gasteiger partial charge < -0.3 is 14.8 Å². The van der Waals surface area contributed by atoms with Crippen molar-refractivity contribution >= 4 is 5.65 Å². The minimum Gasteiger partial charge on any atom is -0.395 e. The van der Waals surface area contributed by atoms with Gasteiger partial charge in [-0.2, -0.15) is 0 Å². The fourth-order valence-corrected chi connectivity index (χ4v) is 1.61. The monoisotopic (exact) mass is 219 g/mol. The second kappa shape index (κ2) is 4.63. The maximum atomic E-state index is 8.93. The van der Waals surface area contributed by atoms with Crippen LogP contribution in [-0.2, 0) is 6.54 Å². The van der Waals surface area contributed by atoms with Crippen LogP contribution in [-0.4, -0.2) is 27.1 Å². The van der Waals surface area contributed by atoms with Crippen LogP contribution in [0.2, 0.25) is 0 Å². The fourth-order valence-electron chi connectivity index (χ4n) is 1.61. The molecule has 16 heavy (non-hydrogen) atoms. The molecule has 0 aromatic carbocycles. The summed E-state index contributed by atoms with van der Waals surface area (Å²) in [6.45, 7) is 4.87. The molecule has 2 rings (SSSR count). The van der Waals surface area contributed by atoms with Crippen molar-refractivity contribution in [1.82, 2.24) is 14.7 Å². The zero-order chi connectivity index (χ0) is 11.5. The van der Waals surface area contributed by atoms with Crippen LogP contribution >= 0.6 is 0 Å². The first-order valence-electron chi connectivity index (χ1n) is 5.47. The summed E-state index contributed by atoms with van der Waals surface area (Å²) in [5.41, 5.74) is 3.28. The molecular weight excluding hydrogens is 202 g/mol. The second-order valence-electron chi connectivity index (χ2n) is 4.15. The van der Waals surface area contributed by atoms with Crippen molar-refractivity contribution in [3.63, 3.8) is 0 Å². The zero-order valence-electron chi connectivity index (χ0n) is 9.64. The number of nitrogens with one attached hydrogen (secondary N) is 1. The van der Waals surface area contributed by atoms with Crippen LogP contribution in [0.4, 0.5) is 0 Å². The van der Waals surface area contributed by atoms with Crippen LogP contribution in [0.25, 0.3) is 5.65 Å². The molecule has 4 heteroatoms. The molecule has 0 bridgehead atoms. The number of aryl methyl sites for hydroxylation is 1. The molecular formula is C12H17N3O. The summed E-state index contributed by atoms with van der Waals surface area (Å²) in [6.07, 6.45) is 3.89. The maximum absolute atomic E-state index is 8.93. The van der Waals surface area contributed by atoms with Crippen LogP contribution in [0.5, 0.6) is 0 Å². The Morgan fingerprint density at radius 3 is 3.12 bits per heavy atom. The van der Waals surface area contributed by atoms with Gasteiger partial charge in [-0.25, -0.2) is 4.98 Å². The van der Waals surface area contributed by atoms with Crippen molar-refractivity contribution in [2.24, 2.45) is 0 Å². The van der Waals surface area contributed by atoms with Crippen LogP contribution in [0, 0.1) is 6.92 Å². The molecule has 0 amide bonds. The van der Waals surface area contributed by atoms with E-state index in [4.69, 9.17) is 5.11 Å². The van der Waals surface area contributed by atoms with E-state index in [1.807, 2.05) is 19.3 Å². The molecule has 0 saturated heterocycles. The summed E-state index contributed by atoms with van der Waals surface area (Å²) in [6, 6.07) is 4.23. The van der Waals surface area contributed by atoms with Gasteiger partial charge in [-0.3, -0.25) is 0 Å². The Balaban J connectivity index is 2.19. The van der Waals surface area contributed by atoms with Crippen molar-refractivity contribution in [2.45, 2.75) is 26.4 Å². The Labute approximate surface area is 94.9 Å². The number of pyridine rings is 1. The van der Waals surface area contributed by atoms with Crippen molar-refractivity contribution in [3.05, 3.63) is 35.8 Å². The number of rotatable bonds is 4. The van der Waals surface area contributed by atoms with Crippen molar-refractivity contribution in [1.29, 1.82) is 0 Å². The van der Waals surface area contributed by atoms with Gasteiger partial charge in [-0.15, -0.1) is 0 Å². The lowest BCUT2D eigenvalue weighted by atomic mass is 10.3. The van der Waals surface area contributed by atoms with E-state index >= 15 is 0 Å². The molecule has 0 radical (unpaired) electrons. The molecule has 1 atom stereocenters. The lowest BCUT2D eigenvalue weighted by Crippen LogP contribution is -2.29. The highest BCUT2D eigenvalue weighted by Crippen LogP contribution is 2.08. The Morgan fingerprint density at radius 1 is 1.56 bits per heavy atom. The van der Waals surface area contributed by atoms with Crippen molar-refractivity contribution in [3.8, 4) is 0 Å². The number of fused-ring (bicyclic) bond motifs is 1. The van der Waals surface area contributed by atoms with E-state index < -0.39 is 0 Å². The fraction of sp³-hybridized carbons (Fsp3) is 0.417. The Bertz CT molecular complexity index is 478. The number of aliphatic hydroxyl groups is 1. The quantitative estimate of drug-likeness (QED) is 0.810. The van der Waals surface area contributed by atoms with Crippen molar-refractivity contribution in [2.75, 3.05) is 6.61 Å². The maximum Gasteiger partial charge on any atom is 0.137 e. The van der Waals surface area contributed by atoms with Crippen LogP contribution < -0.4 is 5.32 Å².